The van der Waals surface area contributed by atoms with Gasteiger partial charge in [-0.05, 0) is 46.2 Å². The Morgan fingerprint density at radius 3 is 2.50 bits per heavy atom. The van der Waals surface area contributed by atoms with E-state index in [0.29, 0.717) is 0 Å². The highest BCUT2D eigenvalue weighted by atomic mass is 14.9. The first-order valence-electron chi connectivity index (χ1n) is 7.04. The number of aromatic nitrogens is 2. The maximum absolute atomic E-state index is 6.03. The summed E-state index contributed by atoms with van der Waals surface area (Å²) in [6.07, 6.45) is 1.69. The van der Waals surface area contributed by atoms with Crippen molar-refractivity contribution in [2.75, 3.05) is 0 Å². The average Bonchev–Trinajstić information content (AvgIpc) is 2.35. The summed E-state index contributed by atoms with van der Waals surface area (Å²) < 4.78 is 0. The molecule has 0 fully saturated rings. The van der Waals surface area contributed by atoms with E-state index in [9.17, 15) is 0 Å². The van der Waals surface area contributed by atoms with E-state index in [4.69, 9.17) is 5.73 Å². The molecule has 3 heteroatoms. The normalized spacial score (nSPS) is 11.7. The van der Waals surface area contributed by atoms with E-state index in [0.717, 1.165) is 35.6 Å². The molecule has 0 bridgehead atoms. The van der Waals surface area contributed by atoms with Crippen molar-refractivity contribution in [2.45, 2.75) is 46.1 Å². The second kappa shape index (κ2) is 5.71. The smallest absolute Gasteiger partial charge is 0.129 e. The number of hydrogen-bond acceptors (Lipinski definition) is 3. The van der Waals surface area contributed by atoms with Crippen LogP contribution in [0.25, 0.3) is 11.3 Å². The topological polar surface area (TPSA) is 51.8 Å². The average molecular weight is 269 g/mol. The van der Waals surface area contributed by atoms with Gasteiger partial charge >= 0.3 is 0 Å². The van der Waals surface area contributed by atoms with Gasteiger partial charge in [-0.25, -0.2) is 9.97 Å². The quantitative estimate of drug-likeness (QED) is 0.925. The van der Waals surface area contributed by atoms with E-state index in [-0.39, 0.29) is 5.54 Å². The first-order valence-corrected chi connectivity index (χ1v) is 7.04. The van der Waals surface area contributed by atoms with Gasteiger partial charge in [-0.3, -0.25) is 0 Å². The zero-order valence-corrected chi connectivity index (χ0v) is 12.8. The molecule has 0 spiro atoms. The van der Waals surface area contributed by atoms with Gasteiger partial charge in [-0.2, -0.15) is 0 Å². The lowest BCUT2D eigenvalue weighted by Crippen LogP contribution is -2.32. The van der Waals surface area contributed by atoms with Crippen molar-refractivity contribution in [1.29, 1.82) is 0 Å². The maximum Gasteiger partial charge on any atom is 0.129 e. The molecule has 20 heavy (non-hydrogen) atoms. The van der Waals surface area contributed by atoms with Crippen molar-refractivity contribution in [3.8, 4) is 11.3 Å². The van der Waals surface area contributed by atoms with Gasteiger partial charge in [0.15, 0.2) is 0 Å². The van der Waals surface area contributed by atoms with Crippen LogP contribution in [0, 0.1) is 13.8 Å². The lowest BCUT2D eigenvalue weighted by atomic mass is 10.00. The van der Waals surface area contributed by atoms with Crippen molar-refractivity contribution in [2.24, 2.45) is 5.73 Å². The Morgan fingerprint density at radius 1 is 1.10 bits per heavy atom. The summed E-state index contributed by atoms with van der Waals surface area (Å²) in [5.74, 6) is 0.875. The minimum Gasteiger partial charge on any atom is -0.326 e. The molecular weight excluding hydrogens is 246 g/mol. The first-order chi connectivity index (χ1) is 9.33. The molecule has 0 unspecified atom stereocenters. The van der Waals surface area contributed by atoms with E-state index >= 15 is 0 Å². The zero-order valence-electron chi connectivity index (χ0n) is 12.8. The van der Waals surface area contributed by atoms with E-state index in [1.165, 1.54) is 5.56 Å². The summed E-state index contributed by atoms with van der Waals surface area (Å²) in [5.41, 5.74) is 10.2. The molecule has 0 saturated heterocycles. The number of rotatable bonds is 4. The monoisotopic (exact) mass is 269 g/mol. The Hall–Kier alpha value is -1.74. The highest BCUT2D eigenvalue weighted by molar-refractivity contribution is 5.60. The van der Waals surface area contributed by atoms with Crippen LogP contribution in [0.3, 0.4) is 0 Å². The minimum atomic E-state index is -0.184. The van der Waals surface area contributed by atoms with Gasteiger partial charge in [-0.15, -0.1) is 0 Å². The molecule has 106 valence electrons. The summed E-state index contributed by atoms with van der Waals surface area (Å²) >= 11 is 0. The van der Waals surface area contributed by atoms with Crippen LogP contribution in [0.2, 0.25) is 0 Å². The molecule has 0 aliphatic heterocycles. The number of nitrogens with zero attached hydrogens (tertiary/aromatic N) is 2. The first kappa shape index (κ1) is 14.7. The number of nitrogens with two attached hydrogens (primary N) is 1. The van der Waals surface area contributed by atoms with Crippen LogP contribution < -0.4 is 5.73 Å². The second-order valence-corrected chi connectivity index (χ2v) is 6.17. The van der Waals surface area contributed by atoms with Crippen molar-refractivity contribution in [1.82, 2.24) is 9.97 Å². The van der Waals surface area contributed by atoms with Gasteiger partial charge in [0.2, 0.25) is 0 Å². The highest BCUT2D eigenvalue weighted by Gasteiger charge is 2.12. The fraction of sp³-hybridized carbons (Fsp3) is 0.412. The maximum atomic E-state index is 6.03. The molecule has 2 N–H and O–H groups in total. The second-order valence-electron chi connectivity index (χ2n) is 6.17. The third-order valence-corrected chi connectivity index (χ3v) is 3.21. The van der Waals surface area contributed by atoms with E-state index in [1.807, 2.05) is 26.8 Å². The molecule has 0 amide bonds. The fourth-order valence-corrected chi connectivity index (χ4v) is 2.13. The Bertz CT molecular complexity index is 597. The predicted octanol–water partition coefficient (Wildman–Crippen LogP) is 3.43. The van der Waals surface area contributed by atoms with Crippen molar-refractivity contribution in [3.05, 3.63) is 47.4 Å². The Balaban J connectivity index is 2.29. The van der Waals surface area contributed by atoms with Crippen LogP contribution in [-0.4, -0.2) is 15.5 Å². The molecule has 2 rings (SSSR count). The summed E-state index contributed by atoms with van der Waals surface area (Å²) in [6, 6.07) is 10.4. The van der Waals surface area contributed by atoms with Crippen LogP contribution in [0.15, 0.2) is 30.3 Å². The molecule has 0 radical (unpaired) electrons. The van der Waals surface area contributed by atoms with E-state index in [2.05, 4.69) is 41.2 Å². The molecule has 1 heterocycles. The molecule has 2 aromatic rings. The third kappa shape index (κ3) is 4.14. The zero-order chi connectivity index (χ0) is 14.8. The molecular formula is C17H23N3. The van der Waals surface area contributed by atoms with Gasteiger partial charge in [-0.1, -0.05) is 23.8 Å². The van der Waals surface area contributed by atoms with E-state index in [1.54, 1.807) is 0 Å². The number of benzene rings is 1. The SMILES string of the molecule is Cc1cccc(-c2cc(C)nc(CCC(C)(C)N)n2)c1. The van der Waals surface area contributed by atoms with Crippen molar-refractivity contribution < 1.29 is 0 Å². The van der Waals surface area contributed by atoms with Crippen LogP contribution in [0.5, 0.6) is 0 Å². The summed E-state index contributed by atoms with van der Waals surface area (Å²) in [4.78, 5) is 9.20. The summed E-state index contributed by atoms with van der Waals surface area (Å²) in [6.45, 7) is 8.17. The largest absolute Gasteiger partial charge is 0.326 e. The minimum absolute atomic E-state index is 0.184. The fourth-order valence-electron chi connectivity index (χ4n) is 2.13. The van der Waals surface area contributed by atoms with Gasteiger partial charge in [0, 0.05) is 23.2 Å². The van der Waals surface area contributed by atoms with Crippen LogP contribution in [-0.2, 0) is 6.42 Å². The third-order valence-electron chi connectivity index (χ3n) is 3.21. The standard InChI is InChI=1S/C17H23N3/c1-12-6-5-7-14(10-12)15-11-13(2)19-16(20-15)8-9-17(3,4)18/h5-7,10-11H,8-9,18H2,1-4H3. The Morgan fingerprint density at radius 2 is 1.85 bits per heavy atom. The highest BCUT2D eigenvalue weighted by Crippen LogP contribution is 2.20. The molecule has 0 aliphatic carbocycles. The summed E-state index contributed by atoms with van der Waals surface area (Å²) in [5, 5.41) is 0. The van der Waals surface area contributed by atoms with Crippen molar-refractivity contribution in [3.63, 3.8) is 0 Å². The van der Waals surface area contributed by atoms with Crippen molar-refractivity contribution >= 4 is 0 Å². The van der Waals surface area contributed by atoms with Gasteiger partial charge < -0.3 is 5.73 Å². The Kier molecular flexibility index (Phi) is 4.19. The molecule has 0 atom stereocenters. The lowest BCUT2D eigenvalue weighted by Gasteiger charge is -2.17. The summed E-state index contributed by atoms with van der Waals surface area (Å²) in [7, 11) is 0. The molecule has 3 nitrogen and oxygen atoms in total. The van der Waals surface area contributed by atoms with Gasteiger partial charge in [0.25, 0.3) is 0 Å². The molecule has 1 aromatic carbocycles. The van der Waals surface area contributed by atoms with Gasteiger partial charge in [0.1, 0.15) is 5.82 Å². The number of aryl methyl sites for hydroxylation is 3. The lowest BCUT2D eigenvalue weighted by molar-refractivity contribution is 0.470. The number of hydrogen-bond donors (Lipinski definition) is 1. The van der Waals surface area contributed by atoms with E-state index < -0.39 is 0 Å². The van der Waals surface area contributed by atoms with Crippen LogP contribution in [0.1, 0.15) is 37.4 Å². The van der Waals surface area contributed by atoms with Gasteiger partial charge in [0.05, 0.1) is 5.69 Å². The molecule has 0 aliphatic rings. The Labute approximate surface area is 121 Å². The van der Waals surface area contributed by atoms with Crippen LogP contribution in [0.4, 0.5) is 0 Å². The predicted molar refractivity (Wildman–Crippen MR) is 83.5 cm³/mol. The molecule has 1 aromatic heterocycles. The molecule has 0 saturated carbocycles. The van der Waals surface area contributed by atoms with Crippen LogP contribution >= 0.6 is 0 Å².